The van der Waals surface area contributed by atoms with Crippen molar-refractivity contribution in [1.29, 1.82) is 0 Å². The number of carbonyl (C=O) groups is 2. The van der Waals surface area contributed by atoms with Crippen LogP contribution in [0, 0.1) is 5.41 Å². The van der Waals surface area contributed by atoms with E-state index < -0.39 is 37.5 Å². The number of fused-ring (bicyclic) bond motifs is 4. The Morgan fingerprint density at radius 2 is 1.30 bits per heavy atom. The molecular weight excluding hydrogens is 713 g/mol. The number of hydrogen-bond acceptors (Lipinski definition) is 8. The first-order valence-corrected chi connectivity index (χ1v) is 22.5. The van der Waals surface area contributed by atoms with E-state index in [1.165, 1.54) is 22.3 Å². The van der Waals surface area contributed by atoms with Crippen molar-refractivity contribution >= 4 is 43.5 Å². The molecule has 12 nitrogen and oxygen atoms in total. The maximum Gasteiger partial charge on any atom is 0.332 e. The van der Waals surface area contributed by atoms with Crippen LogP contribution in [-0.2, 0) is 58.6 Å². The number of hydrogen-bond donors (Lipinski definition) is 4. The zero-order chi connectivity index (χ0) is 38.3. The second-order valence-electron chi connectivity index (χ2n) is 17.0. The summed E-state index contributed by atoms with van der Waals surface area (Å²) >= 11 is 0. The molecule has 53 heavy (non-hydrogen) atoms. The molecule has 0 fully saturated rings. The Bertz CT molecular complexity index is 1980. The summed E-state index contributed by atoms with van der Waals surface area (Å²) in [5.41, 5.74) is 10.2. The van der Waals surface area contributed by atoms with Crippen molar-refractivity contribution in [3.8, 4) is 0 Å². The van der Waals surface area contributed by atoms with E-state index in [2.05, 4.69) is 32.2 Å². The molecule has 0 saturated heterocycles. The predicted molar refractivity (Wildman–Crippen MR) is 211 cm³/mol. The number of anilines is 2. The highest BCUT2D eigenvalue weighted by molar-refractivity contribution is 7.90. The minimum Gasteiger partial charge on any atom is -0.309 e. The van der Waals surface area contributed by atoms with Crippen LogP contribution in [0.15, 0.2) is 12.1 Å². The van der Waals surface area contributed by atoms with Crippen molar-refractivity contribution in [3.63, 3.8) is 0 Å². The molecule has 4 aliphatic carbocycles. The molecule has 0 radical (unpaired) electrons. The third-order valence-electron chi connectivity index (χ3n) is 11.3. The largest absolute Gasteiger partial charge is 0.332 e. The van der Waals surface area contributed by atoms with E-state index in [4.69, 9.17) is 0 Å². The van der Waals surface area contributed by atoms with Crippen LogP contribution in [0.4, 0.5) is 21.0 Å². The van der Waals surface area contributed by atoms with Gasteiger partial charge in [-0.05, 0) is 174 Å². The molecule has 14 heteroatoms. The molecule has 292 valence electrons. The zero-order valence-electron chi connectivity index (χ0n) is 32.3. The predicted octanol–water partition coefficient (Wildman–Crippen LogP) is 5.26. The number of aryl methyl sites for hydroxylation is 3. The van der Waals surface area contributed by atoms with Gasteiger partial charge in [0.05, 0.1) is 11.5 Å². The second kappa shape index (κ2) is 15.5. The van der Waals surface area contributed by atoms with Crippen LogP contribution in [0.5, 0.6) is 0 Å². The second-order valence-corrected chi connectivity index (χ2v) is 20.6. The van der Waals surface area contributed by atoms with Crippen LogP contribution in [0.2, 0.25) is 0 Å². The van der Waals surface area contributed by atoms with E-state index in [0.717, 1.165) is 111 Å². The Hall–Kier alpha value is -3.20. The molecule has 4 N–H and O–H groups in total. The number of nitrogens with one attached hydrogen (secondary N) is 4. The van der Waals surface area contributed by atoms with E-state index in [1.54, 1.807) is 0 Å². The molecule has 6 rings (SSSR count). The smallest absolute Gasteiger partial charge is 0.309 e. The average molecular weight is 771 g/mol. The van der Waals surface area contributed by atoms with Gasteiger partial charge in [-0.1, -0.05) is 26.0 Å². The number of nitrogens with zero attached hydrogens (tertiary/aromatic N) is 2. The van der Waals surface area contributed by atoms with Crippen LogP contribution in [-0.4, -0.2) is 91.5 Å². The summed E-state index contributed by atoms with van der Waals surface area (Å²) in [7, 11) is -0.0194. The number of rotatable bonds is 14. The van der Waals surface area contributed by atoms with Gasteiger partial charge in [-0.15, -0.1) is 0 Å². The van der Waals surface area contributed by atoms with E-state index >= 15 is 0 Å². The number of carbonyl (C=O) groups excluding carboxylic acids is 2. The highest BCUT2D eigenvalue weighted by Crippen LogP contribution is 2.55. The maximum absolute atomic E-state index is 13.5. The molecular formula is C39H58N6O6S2. The highest BCUT2D eigenvalue weighted by atomic mass is 32.2. The van der Waals surface area contributed by atoms with Crippen LogP contribution in [0.3, 0.4) is 0 Å². The summed E-state index contributed by atoms with van der Waals surface area (Å²) in [6.07, 6.45) is 10.0. The van der Waals surface area contributed by atoms with E-state index in [-0.39, 0.29) is 23.3 Å². The van der Waals surface area contributed by atoms with E-state index in [1.807, 2.05) is 51.8 Å². The third-order valence-corrected chi connectivity index (χ3v) is 14.3. The topological polar surface area (TPSA) is 157 Å². The fraction of sp³-hybridized carbons (Fsp3) is 0.641. The van der Waals surface area contributed by atoms with Gasteiger partial charge in [0, 0.05) is 17.9 Å². The number of benzene rings is 2. The van der Waals surface area contributed by atoms with Crippen LogP contribution in [0.25, 0.3) is 0 Å². The minimum absolute atomic E-state index is 0.103. The molecule has 4 aliphatic rings. The molecule has 2 unspecified atom stereocenters. The van der Waals surface area contributed by atoms with Crippen molar-refractivity contribution in [2.75, 3.05) is 63.4 Å². The summed E-state index contributed by atoms with van der Waals surface area (Å²) in [5, 5.41) is 6.06. The van der Waals surface area contributed by atoms with Gasteiger partial charge in [0.1, 0.15) is 0 Å². The van der Waals surface area contributed by atoms with Gasteiger partial charge in [0.25, 0.3) is 0 Å². The van der Waals surface area contributed by atoms with Gasteiger partial charge in [0.15, 0.2) is 0 Å². The SMILES string of the molecule is CN(C)CCCCS(=O)(=O)NC(=O)Nc1c2c(cc3c1CCC3C1CCc3cc4c(c(NC(=O)NS(=O)(=O)CC(C)(C)CN(C)C)c31)CCC4)CCC2. The standard InChI is InChI=1S/C39H58N6O6S2/c1-39(2,23-45(5)6)24-53(50,51)43-38(47)41-36-29-14-9-11-25(29)21-27-15-16-31(34(27)36)30-17-18-32-33(30)22-26-12-10-13-28(26)35(32)40-37(46)42-52(48,49)20-8-7-19-44(3)4/h21-22,30-31H,7-20,23-24H2,1-6H3,(H2,40,42,46)(H2,41,43,47). The van der Waals surface area contributed by atoms with Crippen LogP contribution >= 0.6 is 0 Å². The Kier molecular flexibility index (Phi) is 11.6. The summed E-state index contributed by atoms with van der Waals surface area (Å²) in [5.74, 6) is -0.0491. The van der Waals surface area contributed by atoms with Gasteiger partial charge in [-0.2, -0.15) is 0 Å². The Labute approximate surface area is 316 Å². The lowest BCUT2D eigenvalue weighted by Gasteiger charge is -2.28. The molecule has 2 atom stereocenters. The molecule has 2 aromatic rings. The lowest BCUT2D eigenvalue weighted by atomic mass is 9.81. The molecule has 0 saturated carbocycles. The average Bonchev–Trinajstić information content (AvgIpc) is 3.83. The number of unbranched alkanes of at least 4 members (excludes halogenated alkanes) is 1. The lowest BCUT2D eigenvalue weighted by molar-refractivity contribution is 0.254. The number of amides is 4. The van der Waals surface area contributed by atoms with Crippen molar-refractivity contribution in [2.45, 2.75) is 103 Å². The first-order valence-electron chi connectivity index (χ1n) is 19.2. The molecule has 0 spiro atoms. The fourth-order valence-corrected chi connectivity index (χ4v) is 12.2. The van der Waals surface area contributed by atoms with Crippen molar-refractivity contribution in [1.82, 2.24) is 19.2 Å². The summed E-state index contributed by atoms with van der Waals surface area (Å²) in [4.78, 5) is 30.7. The summed E-state index contributed by atoms with van der Waals surface area (Å²) < 4.78 is 56.6. The number of urea groups is 2. The van der Waals surface area contributed by atoms with Crippen molar-refractivity contribution in [3.05, 3.63) is 56.6 Å². The summed E-state index contributed by atoms with van der Waals surface area (Å²) in [6.45, 7) is 5.09. The van der Waals surface area contributed by atoms with E-state index in [0.29, 0.717) is 13.0 Å². The lowest BCUT2D eigenvalue weighted by Crippen LogP contribution is -2.42. The first kappa shape index (κ1) is 39.5. The summed E-state index contributed by atoms with van der Waals surface area (Å²) in [6, 6.07) is 3.17. The highest BCUT2D eigenvalue weighted by Gasteiger charge is 2.41. The van der Waals surface area contributed by atoms with Crippen molar-refractivity contribution < 1.29 is 26.4 Å². The molecule has 0 heterocycles. The third kappa shape index (κ3) is 9.20. The quantitative estimate of drug-likeness (QED) is 0.190. The first-order chi connectivity index (χ1) is 24.9. The number of sulfonamides is 2. The van der Waals surface area contributed by atoms with Crippen LogP contribution in [0.1, 0.15) is 109 Å². The molecule has 0 bridgehead atoms. The fourth-order valence-electron chi connectivity index (χ4n) is 9.68. The molecule has 0 aliphatic heterocycles. The Balaban J connectivity index is 1.25. The normalized spacial score (nSPS) is 19.2. The van der Waals surface area contributed by atoms with Crippen molar-refractivity contribution in [2.24, 2.45) is 5.41 Å². The van der Waals surface area contributed by atoms with E-state index in [9.17, 15) is 26.4 Å². The van der Waals surface area contributed by atoms with Gasteiger partial charge in [-0.25, -0.2) is 35.9 Å². The molecule has 2 aromatic carbocycles. The molecule has 4 amide bonds. The van der Waals surface area contributed by atoms with Gasteiger partial charge in [0.2, 0.25) is 20.0 Å². The zero-order valence-corrected chi connectivity index (χ0v) is 33.9. The maximum atomic E-state index is 13.5. The van der Waals surface area contributed by atoms with Gasteiger partial charge >= 0.3 is 12.1 Å². The minimum atomic E-state index is -3.91. The van der Waals surface area contributed by atoms with Gasteiger partial charge < -0.3 is 20.4 Å². The Morgan fingerprint density at radius 3 is 1.96 bits per heavy atom. The Morgan fingerprint density at radius 1 is 0.698 bits per heavy atom. The monoisotopic (exact) mass is 770 g/mol. The van der Waals surface area contributed by atoms with Crippen LogP contribution < -0.4 is 20.1 Å². The van der Waals surface area contributed by atoms with Gasteiger partial charge in [-0.3, -0.25) is 0 Å². The molecule has 0 aromatic heterocycles.